The molecule has 0 aliphatic heterocycles. The number of thiazole rings is 1. The van der Waals surface area contributed by atoms with Crippen LogP contribution in [0.1, 0.15) is 51.8 Å². The van der Waals surface area contributed by atoms with Crippen LogP contribution < -0.4 is 10.6 Å². The summed E-state index contributed by atoms with van der Waals surface area (Å²) >= 11 is 1.46. The Kier molecular flexibility index (Phi) is 6.24. The lowest BCUT2D eigenvalue weighted by molar-refractivity contribution is -0.138. The number of hydrogen-bond acceptors (Lipinski definition) is 5. The van der Waals surface area contributed by atoms with E-state index in [0.29, 0.717) is 11.7 Å². The molecule has 0 bridgehead atoms. The van der Waals surface area contributed by atoms with Crippen molar-refractivity contribution >= 4 is 22.4 Å². The molecule has 0 amide bonds. The number of nitrogens with two attached hydrogens (primary N) is 1. The molecule has 1 rings (SSSR count). The molecule has 0 fully saturated rings. The fraction of sp³-hybridized carbons (Fsp3) is 0.692. The topological polar surface area (TPSA) is 79.5 Å². The second kappa shape index (κ2) is 7.45. The van der Waals surface area contributed by atoms with Crippen molar-refractivity contribution in [3.8, 4) is 0 Å². The van der Waals surface area contributed by atoms with Crippen LogP contribution in [0.5, 0.6) is 0 Å². The third kappa shape index (κ3) is 4.47. The summed E-state index contributed by atoms with van der Waals surface area (Å²) in [7, 11) is 0. The first-order valence-electron chi connectivity index (χ1n) is 6.67. The van der Waals surface area contributed by atoms with Gasteiger partial charge < -0.3 is 15.7 Å². The third-order valence-electron chi connectivity index (χ3n) is 2.97. The Morgan fingerprint density at radius 1 is 1.53 bits per heavy atom. The minimum Gasteiger partial charge on any atom is -0.480 e. The van der Waals surface area contributed by atoms with Gasteiger partial charge in [-0.25, -0.2) is 4.98 Å². The van der Waals surface area contributed by atoms with Crippen LogP contribution >= 0.6 is 11.3 Å². The van der Waals surface area contributed by atoms with Gasteiger partial charge in [-0.05, 0) is 20.3 Å². The second-order valence-electron chi connectivity index (χ2n) is 4.87. The average molecular weight is 285 g/mol. The fourth-order valence-electron chi connectivity index (χ4n) is 1.78. The van der Waals surface area contributed by atoms with Gasteiger partial charge in [-0.1, -0.05) is 19.8 Å². The summed E-state index contributed by atoms with van der Waals surface area (Å²) in [5.41, 5.74) is 6.01. The van der Waals surface area contributed by atoms with E-state index in [1.165, 1.54) is 24.2 Å². The summed E-state index contributed by atoms with van der Waals surface area (Å²) in [6.07, 6.45) is 3.49. The van der Waals surface area contributed by atoms with Crippen LogP contribution in [0.3, 0.4) is 0 Å². The molecule has 0 spiro atoms. The quantitative estimate of drug-likeness (QED) is 0.718. The second-order valence-corrected chi connectivity index (χ2v) is 5.70. The molecule has 0 saturated heterocycles. The molecular formula is C13H23N3O2S. The van der Waals surface area contributed by atoms with Gasteiger partial charge in [0.05, 0.1) is 5.69 Å². The monoisotopic (exact) mass is 285 g/mol. The van der Waals surface area contributed by atoms with E-state index in [4.69, 9.17) is 10.8 Å². The normalized spacial score (nSPS) is 12.7. The number of aliphatic carboxylic acids is 1. The first-order valence-corrected chi connectivity index (χ1v) is 7.55. The lowest BCUT2D eigenvalue weighted by Crippen LogP contribution is -2.31. The standard InChI is InChI=1S/C13H23N3O2S/c1-4-5-6-7-16(9(2)3)13-15-10(8-19-13)11(14)12(17)18/h8-9,11H,4-7,14H2,1-3H3,(H,17,18). The molecule has 1 atom stereocenters. The van der Waals surface area contributed by atoms with Crippen molar-refractivity contribution in [2.24, 2.45) is 5.73 Å². The Morgan fingerprint density at radius 3 is 2.74 bits per heavy atom. The van der Waals surface area contributed by atoms with Crippen molar-refractivity contribution < 1.29 is 9.90 Å². The zero-order valence-corrected chi connectivity index (χ0v) is 12.6. The van der Waals surface area contributed by atoms with Crippen molar-refractivity contribution in [2.45, 2.75) is 52.1 Å². The van der Waals surface area contributed by atoms with Crippen molar-refractivity contribution in [2.75, 3.05) is 11.4 Å². The van der Waals surface area contributed by atoms with E-state index in [1.54, 1.807) is 5.38 Å². The van der Waals surface area contributed by atoms with E-state index in [1.807, 2.05) is 0 Å². The summed E-state index contributed by atoms with van der Waals surface area (Å²) in [5.74, 6) is -1.04. The first kappa shape index (κ1) is 15.9. The van der Waals surface area contributed by atoms with Gasteiger partial charge in [0.1, 0.15) is 6.04 Å². The van der Waals surface area contributed by atoms with Gasteiger partial charge >= 0.3 is 5.97 Å². The molecule has 0 aliphatic carbocycles. The minimum absolute atomic E-state index is 0.344. The Hall–Kier alpha value is -1.14. The highest BCUT2D eigenvalue weighted by Crippen LogP contribution is 2.25. The zero-order valence-electron chi connectivity index (χ0n) is 11.8. The van der Waals surface area contributed by atoms with Crippen LogP contribution in [-0.2, 0) is 4.79 Å². The number of anilines is 1. The number of aromatic nitrogens is 1. The van der Waals surface area contributed by atoms with Crippen LogP contribution in [0.2, 0.25) is 0 Å². The van der Waals surface area contributed by atoms with Crippen molar-refractivity contribution in [3.63, 3.8) is 0 Å². The van der Waals surface area contributed by atoms with E-state index >= 15 is 0 Å². The Morgan fingerprint density at radius 2 is 2.21 bits per heavy atom. The molecule has 3 N–H and O–H groups in total. The molecule has 1 heterocycles. The minimum atomic E-state index is -1.04. The summed E-state index contributed by atoms with van der Waals surface area (Å²) in [5, 5.41) is 11.5. The molecular weight excluding hydrogens is 262 g/mol. The lowest BCUT2D eigenvalue weighted by atomic mass is 10.2. The van der Waals surface area contributed by atoms with Crippen molar-refractivity contribution in [1.29, 1.82) is 0 Å². The van der Waals surface area contributed by atoms with Gasteiger partial charge in [-0.15, -0.1) is 11.3 Å². The maximum Gasteiger partial charge on any atom is 0.326 e. The molecule has 1 aromatic heterocycles. The highest BCUT2D eigenvalue weighted by Gasteiger charge is 2.20. The third-order valence-corrected chi connectivity index (χ3v) is 3.86. The summed E-state index contributed by atoms with van der Waals surface area (Å²) in [6, 6.07) is -0.688. The van der Waals surface area contributed by atoms with Crippen LogP contribution in [0.25, 0.3) is 0 Å². The van der Waals surface area contributed by atoms with Gasteiger partial charge in [0.2, 0.25) is 0 Å². The van der Waals surface area contributed by atoms with Crippen LogP contribution in [0, 0.1) is 0 Å². The van der Waals surface area contributed by atoms with E-state index in [2.05, 4.69) is 30.7 Å². The number of rotatable bonds is 8. The van der Waals surface area contributed by atoms with Gasteiger partial charge in [-0.3, -0.25) is 4.79 Å². The Balaban J connectivity index is 2.77. The maximum absolute atomic E-state index is 10.8. The molecule has 1 aromatic rings. The lowest BCUT2D eigenvalue weighted by Gasteiger charge is -2.26. The number of nitrogens with zero attached hydrogens (tertiary/aromatic N) is 2. The van der Waals surface area contributed by atoms with Gasteiger partial charge in [0.15, 0.2) is 5.13 Å². The number of unbranched alkanes of at least 4 members (excludes halogenated alkanes) is 2. The largest absolute Gasteiger partial charge is 0.480 e. The first-order chi connectivity index (χ1) is 8.97. The predicted octanol–water partition coefficient (Wildman–Crippen LogP) is 2.63. The average Bonchev–Trinajstić information content (AvgIpc) is 2.82. The smallest absolute Gasteiger partial charge is 0.326 e. The number of carboxylic acid groups (broad SMARTS) is 1. The summed E-state index contributed by atoms with van der Waals surface area (Å²) < 4.78 is 0. The Bertz CT molecular complexity index is 406. The molecule has 6 heteroatoms. The molecule has 1 unspecified atom stereocenters. The van der Waals surface area contributed by atoms with E-state index < -0.39 is 12.0 Å². The zero-order chi connectivity index (χ0) is 14.4. The fourth-order valence-corrected chi connectivity index (χ4v) is 2.81. The van der Waals surface area contributed by atoms with E-state index in [0.717, 1.165) is 18.1 Å². The summed E-state index contributed by atoms with van der Waals surface area (Å²) in [4.78, 5) is 17.4. The molecule has 0 aliphatic rings. The number of carboxylic acids is 1. The maximum atomic E-state index is 10.8. The highest BCUT2D eigenvalue weighted by molar-refractivity contribution is 7.13. The van der Waals surface area contributed by atoms with Crippen molar-refractivity contribution in [1.82, 2.24) is 4.98 Å². The van der Waals surface area contributed by atoms with E-state index in [9.17, 15) is 4.79 Å². The highest BCUT2D eigenvalue weighted by atomic mass is 32.1. The van der Waals surface area contributed by atoms with Gasteiger partial charge in [-0.2, -0.15) is 0 Å². The molecule has 0 saturated carbocycles. The summed E-state index contributed by atoms with van der Waals surface area (Å²) in [6.45, 7) is 7.35. The van der Waals surface area contributed by atoms with Gasteiger partial charge in [0.25, 0.3) is 0 Å². The predicted molar refractivity (Wildman–Crippen MR) is 78.7 cm³/mol. The van der Waals surface area contributed by atoms with E-state index in [-0.39, 0.29) is 0 Å². The van der Waals surface area contributed by atoms with Crippen LogP contribution in [0.4, 0.5) is 5.13 Å². The van der Waals surface area contributed by atoms with Crippen LogP contribution in [-0.4, -0.2) is 28.6 Å². The SMILES string of the molecule is CCCCCN(c1nc(C(N)C(=O)O)cs1)C(C)C. The number of carbonyl (C=O) groups is 1. The molecule has 0 radical (unpaired) electrons. The number of hydrogen-bond donors (Lipinski definition) is 2. The molecule has 0 aromatic carbocycles. The molecule has 19 heavy (non-hydrogen) atoms. The van der Waals surface area contributed by atoms with Crippen LogP contribution in [0.15, 0.2) is 5.38 Å². The molecule has 5 nitrogen and oxygen atoms in total. The molecule has 108 valence electrons. The van der Waals surface area contributed by atoms with Gasteiger partial charge in [0, 0.05) is 18.0 Å². The van der Waals surface area contributed by atoms with Crippen molar-refractivity contribution in [3.05, 3.63) is 11.1 Å². The Labute approximate surface area is 118 Å².